The molecule has 262 valence electrons. The Labute approximate surface area is 322 Å². The number of fused-ring (bicyclic) bond motifs is 6. The van der Waals surface area contributed by atoms with E-state index >= 15 is 0 Å². The maximum absolute atomic E-state index is 6.73. The molecule has 0 spiro atoms. The van der Waals surface area contributed by atoms with Crippen molar-refractivity contribution in [2.24, 2.45) is 0 Å². The number of pyridine rings is 1. The van der Waals surface area contributed by atoms with Gasteiger partial charge in [0.25, 0.3) is 0 Å². The Balaban J connectivity index is 1.05. The number of furan rings is 2. The third-order valence-electron chi connectivity index (χ3n) is 10.6. The Morgan fingerprint density at radius 1 is 0.357 bits per heavy atom. The molecular formula is C51H31N3O2. The van der Waals surface area contributed by atoms with Gasteiger partial charge in [-0.05, 0) is 70.3 Å². The molecule has 0 saturated heterocycles. The van der Waals surface area contributed by atoms with Crippen molar-refractivity contribution in [3.8, 4) is 67.3 Å². The lowest BCUT2D eigenvalue weighted by Gasteiger charge is -2.12. The Kier molecular flexibility index (Phi) is 7.42. The van der Waals surface area contributed by atoms with Crippen LogP contribution in [0.2, 0.25) is 0 Å². The zero-order valence-corrected chi connectivity index (χ0v) is 30.1. The smallest absolute Gasteiger partial charge is 0.160 e. The van der Waals surface area contributed by atoms with Gasteiger partial charge in [0.15, 0.2) is 5.82 Å². The van der Waals surface area contributed by atoms with Crippen LogP contribution in [-0.2, 0) is 0 Å². The average Bonchev–Trinajstić information content (AvgIpc) is 3.85. The number of aromatic nitrogens is 3. The summed E-state index contributed by atoms with van der Waals surface area (Å²) in [7, 11) is 0. The number of benzene rings is 7. The van der Waals surface area contributed by atoms with Crippen molar-refractivity contribution in [2.75, 3.05) is 0 Å². The molecule has 4 heterocycles. The fraction of sp³-hybridized carbons (Fsp3) is 0. The van der Waals surface area contributed by atoms with Gasteiger partial charge in [-0.25, -0.2) is 9.97 Å². The van der Waals surface area contributed by atoms with Crippen LogP contribution < -0.4 is 0 Å². The lowest BCUT2D eigenvalue weighted by molar-refractivity contribution is 0.668. The van der Waals surface area contributed by atoms with Crippen LogP contribution in [0.3, 0.4) is 0 Å². The van der Waals surface area contributed by atoms with Gasteiger partial charge in [0.1, 0.15) is 22.3 Å². The Morgan fingerprint density at radius 3 is 1.70 bits per heavy atom. The van der Waals surface area contributed by atoms with E-state index in [1.807, 2.05) is 60.8 Å². The van der Waals surface area contributed by atoms with E-state index in [2.05, 4.69) is 126 Å². The van der Waals surface area contributed by atoms with Crippen LogP contribution in [0.25, 0.3) is 111 Å². The molecule has 4 aromatic heterocycles. The van der Waals surface area contributed by atoms with Crippen LogP contribution >= 0.6 is 0 Å². The van der Waals surface area contributed by atoms with Gasteiger partial charge < -0.3 is 8.83 Å². The largest absolute Gasteiger partial charge is 0.456 e. The Morgan fingerprint density at radius 2 is 0.946 bits per heavy atom. The van der Waals surface area contributed by atoms with Gasteiger partial charge in [0.05, 0.1) is 11.4 Å². The van der Waals surface area contributed by atoms with Crippen molar-refractivity contribution in [3.05, 3.63) is 188 Å². The van der Waals surface area contributed by atoms with Crippen molar-refractivity contribution < 1.29 is 8.83 Å². The molecule has 0 amide bonds. The first kappa shape index (κ1) is 31.9. The predicted molar refractivity (Wildman–Crippen MR) is 227 cm³/mol. The van der Waals surface area contributed by atoms with Crippen LogP contribution in [0.5, 0.6) is 0 Å². The minimum absolute atomic E-state index is 0.655. The highest BCUT2D eigenvalue weighted by atomic mass is 16.3. The van der Waals surface area contributed by atoms with E-state index in [1.54, 1.807) is 6.20 Å². The van der Waals surface area contributed by atoms with Crippen molar-refractivity contribution in [2.45, 2.75) is 0 Å². The summed E-state index contributed by atoms with van der Waals surface area (Å²) in [5.74, 6) is 0.655. The van der Waals surface area contributed by atoms with Crippen LogP contribution in [0.15, 0.2) is 197 Å². The standard InChI is InChI=1S/C51H31N3O2/c1-2-9-35(10-3-1)44-30-45(54-51(53-44)36-22-20-33(21-23-36)32-16-18-34(19-17-32)38-11-8-28-52-31-38)41-26-25-39(50-49(41)42-13-5-7-15-47(42)56-50)37-24-27-48-43(29-37)40-12-4-6-14-46(40)55-48/h1-31H. The topological polar surface area (TPSA) is 65.0 Å². The predicted octanol–water partition coefficient (Wildman–Crippen LogP) is 13.7. The van der Waals surface area contributed by atoms with Crippen LogP contribution in [-0.4, -0.2) is 15.0 Å². The van der Waals surface area contributed by atoms with Gasteiger partial charge in [-0.1, -0.05) is 133 Å². The molecule has 5 nitrogen and oxygen atoms in total. The van der Waals surface area contributed by atoms with E-state index in [4.69, 9.17) is 18.8 Å². The summed E-state index contributed by atoms with van der Waals surface area (Å²) in [6.07, 6.45) is 3.68. The van der Waals surface area contributed by atoms with E-state index in [-0.39, 0.29) is 0 Å². The molecule has 0 unspecified atom stereocenters. The molecule has 0 saturated carbocycles. The molecule has 0 radical (unpaired) electrons. The summed E-state index contributed by atoms with van der Waals surface area (Å²) >= 11 is 0. The van der Waals surface area contributed by atoms with Gasteiger partial charge in [-0.3, -0.25) is 4.98 Å². The SMILES string of the molecule is c1ccc(-c2cc(-c3ccc(-c4ccc5oc6ccccc6c5c4)c4oc5ccccc5c34)nc(-c3ccc(-c4ccc(-c5cccnc5)cc4)cc3)n2)cc1. The molecule has 11 rings (SSSR count). The zero-order valence-electron chi connectivity index (χ0n) is 30.1. The van der Waals surface area contributed by atoms with Crippen molar-refractivity contribution in [1.29, 1.82) is 0 Å². The second kappa shape index (κ2) is 13.0. The summed E-state index contributed by atoms with van der Waals surface area (Å²) in [5.41, 5.74) is 14.5. The number of para-hydroxylation sites is 2. The molecule has 11 aromatic rings. The van der Waals surface area contributed by atoms with Gasteiger partial charge in [0.2, 0.25) is 0 Å². The molecule has 0 aliphatic carbocycles. The summed E-state index contributed by atoms with van der Waals surface area (Å²) in [4.78, 5) is 14.7. The summed E-state index contributed by atoms with van der Waals surface area (Å²) in [6.45, 7) is 0. The molecule has 0 N–H and O–H groups in total. The Hall–Kier alpha value is -7.63. The first-order valence-corrected chi connectivity index (χ1v) is 18.7. The number of nitrogens with zero attached hydrogens (tertiary/aromatic N) is 3. The third-order valence-corrected chi connectivity index (χ3v) is 10.6. The lowest BCUT2D eigenvalue weighted by atomic mass is 9.95. The van der Waals surface area contributed by atoms with E-state index in [1.165, 1.54) is 0 Å². The molecule has 0 atom stereocenters. The van der Waals surface area contributed by atoms with Gasteiger partial charge in [-0.15, -0.1) is 0 Å². The fourth-order valence-corrected chi connectivity index (χ4v) is 7.83. The van der Waals surface area contributed by atoms with Crippen molar-refractivity contribution >= 4 is 43.9 Å². The fourth-order valence-electron chi connectivity index (χ4n) is 7.83. The first-order valence-electron chi connectivity index (χ1n) is 18.7. The highest BCUT2D eigenvalue weighted by Crippen LogP contribution is 2.43. The van der Waals surface area contributed by atoms with Crippen molar-refractivity contribution in [3.63, 3.8) is 0 Å². The third kappa shape index (κ3) is 5.45. The molecule has 0 fully saturated rings. The normalized spacial score (nSPS) is 11.6. The van der Waals surface area contributed by atoms with Crippen molar-refractivity contribution in [1.82, 2.24) is 15.0 Å². The van der Waals surface area contributed by atoms with Gasteiger partial charge in [-0.2, -0.15) is 0 Å². The molecular weight excluding hydrogens is 687 g/mol. The van der Waals surface area contributed by atoms with Crippen LogP contribution in [0, 0.1) is 0 Å². The molecule has 0 bridgehead atoms. The average molecular weight is 718 g/mol. The van der Waals surface area contributed by atoms with E-state index in [0.717, 1.165) is 105 Å². The molecule has 0 aliphatic rings. The van der Waals surface area contributed by atoms with E-state index in [9.17, 15) is 0 Å². The number of rotatable bonds is 6. The van der Waals surface area contributed by atoms with Crippen LogP contribution in [0.1, 0.15) is 0 Å². The second-order valence-corrected chi connectivity index (χ2v) is 14.0. The quantitative estimate of drug-likeness (QED) is 0.171. The van der Waals surface area contributed by atoms with E-state index in [0.29, 0.717) is 5.82 Å². The summed E-state index contributed by atoms with van der Waals surface area (Å²) in [5, 5.41) is 4.22. The van der Waals surface area contributed by atoms with Crippen LogP contribution in [0.4, 0.5) is 0 Å². The number of hydrogen-bond donors (Lipinski definition) is 0. The summed E-state index contributed by atoms with van der Waals surface area (Å²) < 4.78 is 12.9. The van der Waals surface area contributed by atoms with Gasteiger partial charge in [0, 0.05) is 56.2 Å². The first-order chi connectivity index (χ1) is 27.7. The minimum atomic E-state index is 0.655. The summed E-state index contributed by atoms with van der Waals surface area (Å²) in [6, 6.07) is 60.6. The molecule has 7 aromatic carbocycles. The Bertz CT molecular complexity index is 3220. The molecule has 5 heteroatoms. The zero-order chi connectivity index (χ0) is 37.0. The molecule has 56 heavy (non-hydrogen) atoms. The minimum Gasteiger partial charge on any atom is -0.456 e. The van der Waals surface area contributed by atoms with E-state index < -0.39 is 0 Å². The maximum Gasteiger partial charge on any atom is 0.160 e. The molecule has 0 aliphatic heterocycles. The number of hydrogen-bond acceptors (Lipinski definition) is 5. The highest BCUT2D eigenvalue weighted by molar-refractivity contribution is 6.17. The van der Waals surface area contributed by atoms with Gasteiger partial charge >= 0.3 is 0 Å². The lowest BCUT2D eigenvalue weighted by Crippen LogP contribution is -1.96. The maximum atomic E-state index is 6.73. The monoisotopic (exact) mass is 717 g/mol. The second-order valence-electron chi connectivity index (χ2n) is 14.0. The highest BCUT2D eigenvalue weighted by Gasteiger charge is 2.20.